The number of rotatable bonds is 1. The van der Waals surface area contributed by atoms with Gasteiger partial charge in [0.15, 0.2) is 0 Å². The summed E-state index contributed by atoms with van der Waals surface area (Å²) in [4.78, 5) is 0. The van der Waals surface area contributed by atoms with Crippen LogP contribution in [0.1, 0.15) is 0 Å². The first-order valence-electron chi connectivity index (χ1n) is 2.78. The summed E-state index contributed by atoms with van der Waals surface area (Å²) in [6.45, 7) is 0. The lowest BCUT2D eigenvalue weighted by Crippen LogP contribution is -2.05. The molecule has 0 saturated carbocycles. The summed E-state index contributed by atoms with van der Waals surface area (Å²) in [5, 5.41) is 0. The predicted octanol–water partition coefficient (Wildman–Crippen LogP) is -1.03. The molecule has 0 aromatic heterocycles. The molecular weight excluding hydrogens is 144 g/mol. The van der Waals surface area contributed by atoms with Gasteiger partial charge in [-0.1, -0.05) is 18.2 Å². The van der Waals surface area contributed by atoms with Crippen LogP contribution in [0.3, 0.4) is 0 Å². The number of hydrazine groups is 2. The third-order valence-electron chi connectivity index (χ3n) is 0.940. The molecule has 64 valence electrons. The van der Waals surface area contributed by atoms with Crippen LogP contribution in [-0.2, 0) is 0 Å². The molecule has 0 heterocycles. The number of nitrogen functional groups attached to an aromatic ring is 1. The second kappa shape index (κ2) is 8.86. The second-order valence-corrected chi connectivity index (χ2v) is 1.51. The Labute approximate surface area is 65.4 Å². The van der Waals surface area contributed by atoms with Gasteiger partial charge in [-0.15, -0.1) is 0 Å². The molecule has 1 aromatic carbocycles. The number of anilines is 1. The molecular formula is C6H14N4O. The minimum absolute atomic E-state index is 0. The first-order valence-corrected chi connectivity index (χ1v) is 2.78. The molecule has 5 heteroatoms. The molecule has 0 spiro atoms. The van der Waals surface area contributed by atoms with Gasteiger partial charge in [-0.25, -0.2) is 0 Å². The van der Waals surface area contributed by atoms with Gasteiger partial charge in [-0.05, 0) is 12.1 Å². The molecule has 0 amide bonds. The van der Waals surface area contributed by atoms with Gasteiger partial charge in [0, 0.05) is 5.69 Å². The summed E-state index contributed by atoms with van der Waals surface area (Å²) in [5.74, 6) is 13.1. The van der Waals surface area contributed by atoms with Crippen molar-refractivity contribution in [2.75, 3.05) is 5.43 Å². The Hall–Kier alpha value is -1.14. The predicted molar refractivity (Wildman–Crippen MR) is 46.2 cm³/mol. The van der Waals surface area contributed by atoms with Crippen LogP contribution in [0.4, 0.5) is 5.69 Å². The number of hydrogen-bond donors (Lipinski definition) is 4. The van der Waals surface area contributed by atoms with Crippen LogP contribution in [0.25, 0.3) is 0 Å². The van der Waals surface area contributed by atoms with Gasteiger partial charge in [0.1, 0.15) is 0 Å². The van der Waals surface area contributed by atoms with Crippen LogP contribution < -0.4 is 23.0 Å². The van der Waals surface area contributed by atoms with Crippen LogP contribution >= 0.6 is 0 Å². The van der Waals surface area contributed by atoms with Crippen molar-refractivity contribution >= 4 is 5.69 Å². The monoisotopic (exact) mass is 158 g/mol. The van der Waals surface area contributed by atoms with E-state index in [1.54, 1.807) is 0 Å². The Morgan fingerprint density at radius 2 is 1.45 bits per heavy atom. The van der Waals surface area contributed by atoms with Crippen LogP contribution in [0.15, 0.2) is 30.3 Å². The molecule has 0 aliphatic carbocycles. The first kappa shape index (κ1) is 12.5. The molecule has 5 nitrogen and oxygen atoms in total. The zero-order chi connectivity index (χ0) is 7.82. The summed E-state index contributed by atoms with van der Waals surface area (Å²) >= 11 is 0. The molecule has 0 saturated heterocycles. The van der Waals surface area contributed by atoms with E-state index in [9.17, 15) is 0 Å². The zero-order valence-corrected chi connectivity index (χ0v) is 6.12. The van der Waals surface area contributed by atoms with Crippen LogP contribution in [0.5, 0.6) is 0 Å². The Morgan fingerprint density at radius 1 is 1.00 bits per heavy atom. The summed E-state index contributed by atoms with van der Waals surface area (Å²) in [6.07, 6.45) is 0. The number of nitrogens with two attached hydrogens (primary N) is 3. The summed E-state index contributed by atoms with van der Waals surface area (Å²) in [6, 6.07) is 9.60. The van der Waals surface area contributed by atoms with Crippen molar-refractivity contribution in [3.8, 4) is 0 Å². The van der Waals surface area contributed by atoms with Crippen LogP contribution in [0.2, 0.25) is 0 Å². The van der Waals surface area contributed by atoms with Crippen LogP contribution in [0, 0.1) is 0 Å². The van der Waals surface area contributed by atoms with Gasteiger partial charge < -0.3 is 10.9 Å². The van der Waals surface area contributed by atoms with E-state index >= 15 is 0 Å². The normalized spacial score (nSPS) is 6.82. The fourth-order valence-corrected chi connectivity index (χ4v) is 0.534. The highest BCUT2D eigenvalue weighted by molar-refractivity contribution is 5.40. The summed E-state index contributed by atoms with van der Waals surface area (Å²) in [5.41, 5.74) is 3.46. The molecule has 1 aromatic rings. The van der Waals surface area contributed by atoms with Crippen molar-refractivity contribution in [2.45, 2.75) is 0 Å². The van der Waals surface area contributed by atoms with Gasteiger partial charge in [-0.2, -0.15) is 0 Å². The highest BCUT2D eigenvalue weighted by Crippen LogP contribution is 2.00. The maximum atomic E-state index is 5.10. The quantitative estimate of drug-likeness (QED) is 0.308. The van der Waals surface area contributed by atoms with Crippen molar-refractivity contribution in [2.24, 2.45) is 17.5 Å². The first-order chi connectivity index (χ1) is 4.93. The van der Waals surface area contributed by atoms with Gasteiger partial charge in [0.2, 0.25) is 0 Å². The minimum Gasteiger partial charge on any atom is -0.412 e. The molecule has 0 unspecified atom stereocenters. The third-order valence-corrected chi connectivity index (χ3v) is 0.940. The fraction of sp³-hybridized carbons (Fsp3) is 0. The van der Waals surface area contributed by atoms with E-state index in [0.29, 0.717) is 0 Å². The molecule has 0 radical (unpaired) electrons. The van der Waals surface area contributed by atoms with E-state index < -0.39 is 0 Å². The van der Waals surface area contributed by atoms with Gasteiger partial charge in [-0.3, -0.25) is 17.5 Å². The second-order valence-electron chi connectivity index (χ2n) is 1.51. The van der Waals surface area contributed by atoms with Gasteiger partial charge >= 0.3 is 0 Å². The highest BCUT2D eigenvalue weighted by Gasteiger charge is 1.78. The Morgan fingerprint density at radius 3 is 1.73 bits per heavy atom. The Kier molecular flexibility index (Phi) is 10.1. The maximum Gasteiger partial charge on any atom is 0.0485 e. The molecule has 9 N–H and O–H groups in total. The topological polar surface area (TPSA) is 122 Å². The average Bonchev–Trinajstić information content (AvgIpc) is 2.10. The van der Waals surface area contributed by atoms with Crippen molar-refractivity contribution in [3.63, 3.8) is 0 Å². The van der Waals surface area contributed by atoms with Gasteiger partial charge in [0.05, 0.1) is 0 Å². The van der Waals surface area contributed by atoms with Crippen molar-refractivity contribution < 1.29 is 5.48 Å². The van der Waals surface area contributed by atoms with E-state index in [-0.39, 0.29) is 5.48 Å². The van der Waals surface area contributed by atoms with E-state index in [1.165, 1.54) is 0 Å². The fourth-order valence-electron chi connectivity index (χ4n) is 0.534. The van der Waals surface area contributed by atoms with Crippen LogP contribution in [-0.4, -0.2) is 5.48 Å². The molecule has 0 aliphatic heterocycles. The maximum absolute atomic E-state index is 5.10. The highest BCUT2D eigenvalue weighted by atomic mass is 16.0. The molecule has 0 fully saturated rings. The smallest absolute Gasteiger partial charge is 0.0485 e. The summed E-state index contributed by atoms with van der Waals surface area (Å²) in [7, 11) is 0. The lowest BCUT2D eigenvalue weighted by atomic mass is 10.3. The summed E-state index contributed by atoms with van der Waals surface area (Å²) < 4.78 is 0. The molecule has 11 heavy (non-hydrogen) atoms. The number of para-hydroxylation sites is 1. The standard InChI is InChI=1S/C6H8N2.H4N2.H2O/c7-8-6-4-2-1-3-5-6;1-2;/h1-5,8H,7H2;1-2H2;1H2. The van der Waals surface area contributed by atoms with Crippen molar-refractivity contribution in [3.05, 3.63) is 30.3 Å². The minimum atomic E-state index is 0. The lowest BCUT2D eigenvalue weighted by Gasteiger charge is -1.94. The Bertz CT molecular complexity index is 156. The van der Waals surface area contributed by atoms with Gasteiger partial charge in [0.25, 0.3) is 0 Å². The van der Waals surface area contributed by atoms with Crippen molar-refractivity contribution in [1.29, 1.82) is 0 Å². The largest absolute Gasteiger partial charge is 0.412 e. The Balaban J connectivity index is 0. The number of hydrogen-bond acceptors (Lipinski definition) is 4. The van der Waals surface area contributed by atoms with E-state index in [1.807, 2.05) is 30.3 Å². The van der Waals surface area contributed by atoms with E-state index in [0.717, 1.165) is 5.69 Å². The lowest BCUT2D eigenvalue weighted by molar-refractivity contribution is 0.824. The molecule has 0 bridgehead atoms. The third kappa shape index (κ3) is 5.31. The molecule has 0 aliphatic rings. The number of nitrogens with one attached hydrogen (secondary N) is 1. The van der Waals surface area contributed by atoms with Crippen molar-refractivity contribution in [1.82, 2.24) is 0 Å². The molecule has 0 atom stereocenters. The van der Waals surface area contributed by atoms with E-state index in [4.69, 9.17) is 5.84 Å². The number of benzene rings is 1. The SMILES string of the molecule is NN.NNc1ccccc1.O. The molecule has 1 rings (SSSR count). The van der Waals surface area contributed by atoms with E-state index in [2.05, 4.69) is 17.1 Å². The average molecular weight is 158 g/mol. The zero-order valence-electron chi connectivity index (χ0n) is 6.12.